The molecular formula is C16H25N3OS. The summed E-state index contributed by atoms with van der Waals surface area (Å²) in [6.07, 6.45) is 4.42. The van der Waals surface area contributed by atoms with Gasteiger partial charge in [-0.15, -0.1) is 0 Å². The maximum atomic E-state index is 11.7. The maximum absolute atomic E-state index is 11.7. The standard InChI is InChI=1S/C16H25N3OS/c1-17-5-2-14(12-16(17)20)13-18-6-3-15(4-7-18)19-8-10-21-11-9-19/h2,5,12,15H,3-4,6-11,13H2,1H3. The van der Waals surface area contributed by atoms with E-state index in [1.165, 1.54) is 37.4 Å². The molecule has 0 saturated carbocycles. The van der Waals surface area contributed by atoms with E-state index < -0.39 is 0 Å². The molecule has 0 N–H and O–H groups in total. The molecule has 0 bridgehead atoms. The number of hydrogen-bond donors (Lipinski definition) is 0. The summed E-state index contributed by atoms with van der Waals surface area (Å²) in [7, 11) is 1.80. The van der Waals surface area contributed by atoms with E-state index in [-0.39, 0.29) is 5.56 Å². The minimum Gasteiger partial charge on any atom is -0.319 e. The Kier molecular flexibility index (Phi) is 5.03. The summed E-state index contributed by atoms with van der Waals surface area (Å²) >= 11 is 2.08. The Morgan fingerprint density at radius 1 is 1.19 bits per heavy atom. The van der Waals surface area contributed by atoms with E-state index >= 15 is 0 Å². The number of aryl methyl sites for hydroxylation is 1. The molecule has 5 heteroatoms. The van der Waals surface area contributed by atoms with Crippen LogP contribution in [0.3, 0.4) is 0 Å². The van der Waals surface area contributed by atoms with E-state index in [0.29, 0.717) is 0 Å². The van der Waals surface area contributed by atoms with Gasteiger partial charge in [0, 0.05) is 56.5 Å². The summed E-state index contributed by atoms with van der Waals surface area (Å²) in [4.78, 5) is 16.9. The number of hydrogen-bond acceptors (Lipinski definition) is 4. The number of pyridine rings is 1. The van der Waals surface area contributed by atoms with Gasteiger partial charge in [0.05, 0.1) is 0 Å². The highest BCUT2D eigenvalue weighted by atomic mass is 32.2. The van der Waals surface area contributed by atoms with Crippen molar-refractivity contribution in [3.8, 4) is 0 Å². The SMILES string of the molecule is Cn1ccc(CN2CCC(N3CCSCC3)CC2)cc1=O. The van der Waals surface area contributed by atoms with Gasteiger partial charge in [-0.1, -0.05) is 0 Å². The average molecular weight is 307 g/mol. The summed E-state index contributed by atoms with van der Waals surface area (Å²) in [6.45, 7) is 5.76. The van der Waals surface area contributed by atoms with Gasteiger partial charge < -0.3 is 4.57 Å². The second kappa shape index (κ2) is 6.99. The van der Waals surface area contributed by atoms with Crippen LogP contribution in [-0.2, 0) is 13.6 Å². The summed E-state index contributed by atoms with van der Waals surface area (Å²) < 4.78 is 1.63. The molecule has 1 aromatic rings. The molecular weight excluding hydrogens is 282 g/mol. The minimum absolute atomic E-state index is 0.0909. The van der Waals surface area contributed by atoms with Crippen molar-refractivity contribution >= 4 is 11.8 Å². The normalized spacial score (nSPS) is 22.5. The Hall–Kier alpha value is -0.780. The highest BCUT2D eigenvalue weighted by molar-refractivity contribution is 7.99. The van der Waals surface area contributed by atoms with Gasteiger partial charge in [0.15, 0.2) is 0 Å². The molecule has 0 aromatic carbocycles. The number of likely N-dealkylation sites (tertiary alicyclic amines) is 1. The second-order valence-corrected chi connectivity index (χ2v) is 7.36. The fraction of sp³-hybridized carbons (Fsp3) is 0.688. The van der Waals surface area contributed by atoms with Gasteiger partial charge in [0.25, 0.3) is 5.56 Å². The first-order chi connectivity index (χ1) is 10.2. The van der Waals surface area contributed by atoms with Crippen molar-refractivity contribution in [3.63, 3.8) is 0 Å². The molecule has 1 aromatic heterocycles. The molecule has 0 atom stereocenters. The van der Waals surface area contributed by atoms with Crippen LogP contribution >= 0.6 is 11.8 Å². The van der Waals surface area contributed by atoms with Crippen molar-refractivity contribution in [2.45, 2.75) is 25.4 Å². The lowest BCUT2D eigenvalue weighted by Gasteiger charge is -2.40. The highest BCUT2D eigenvalue weighted by Crippen LogP contribution is 2.21. The van der Waals surface area contributed by atoms with Crippen molar-refractivity contribution in [1.82, 2.24) is 14.4 Å². The van der Waals surface area contributed by atoms with Crippen LogP contribution in [0.1, 0.15) is 18.4 Å². The van der Waals surface area contributed by atoms with Crippen LogP contribution in [0, 0.1) is 0 Å². The van der Waals surface area contributed by atoms with Gasteiger partial charge in [-0.3, -0.25) is 14.6 Å². The van der Waals surface area contributed by atoms with Crippen molar-refractivity contribution in [2.24, 2.45) is 7.05 Å². The Bertz CT molecular complexity index is 516. The monoisotopic (exact) mass is 307 g/mol. The highest BCUT2D eigenvalue weighted by Gasteiger charge is 2.25. The first-order valence-electron chi connectivity index (χ1n) is 7.92. The number of aromatic nitrogens is 1. The fourth-order valence-corrected chi connectivity index (χ4v) is 4.26. The zero-order valence-corrected chi connectivity index (χ0v) is 13.6. The van der Waals surface area contributed by atoms with Crippen LogP contribution < -0.4 is 5.56 Å². The first-order valence-corrected chi connectivity index (χ1v) is 9.07. The first kappa shape index (κ1) is 15.1. The molecule has 2 saturated heterocycles. The smallest absolute Gasteiger partial charge is 0.250 e. The average Bonchev–Trinajstić information content (AvgIpc) is 2.53. The lowest BCUT2D eigenvalue weighted by molar-refractivity contribution is 0.112. The van der Waals surface area contributed by atoms with Gasteiger partial charge in [-0.25, -0.2) is 0 Å². The molecule has 3 rings (SSSR count). The molecule has 0 amide bonds. The van der Waals surface area contributed by atoms with Crippen molar-refractivity contribution in [1.29, 1.82) is 0 Å². The summed E-state index contributed by atoms with van der Waals surface area (Å²) in [5.74, 6) is 2.60. The van der Waals surface area contributed by atoms with Crippen molar-refractivity contribution < 1.29 is 0 Å². The van der Waals surface area contributed by atoms with E-state index in [1.54, 1.807) is 17.7 Å². The zero-order valence-electron chi connectivity index (χ0n) is 12.8. The van der Waals surface area contributed by atoms with Crippen molar-refractivity contribution in [3.05, 3.63) is 34.2 Å². The molecule has 0 aliphatic carbocycles. The number of rotatable bonds is 3. The van der Waals surface area contributed by atoms with Gasteiger partial charge in [-0.2, -0.15) is 11.8 Å². The van der Waals surface area contributed by atoms with Crippen LogP contribution in [0.4, 0.5) is 0 Å². The lowest BCUT2D eigenvalue weighted by atomic mass is 10.0. The molecule has 2 aliphatic rings. The second-order valence-electron chi connectivity index (χ2n) is 6.14. The third-order valence-corrected chi connectivity index (χ3v) is 5.64. The number of piperidine rings is 1. The number of thioether (sulfide) groups is 1. The molecule has 2 aliphatic heterocycles. The van der Waals surface area contributed by atoms with E-state index in [9.17, 15) is 4.79 Å². The van der Waals surface area contributed by atoms with Crippen LogP contribution in [0.15, 0.2) is 23.1 Å². The van der Waals surface area contributed by atoms with Gasteiger partial charge in [0.2, 0.25) is 0 Å². The quantitative estimate of drug-likeness (QED) is 0.844. The summed E-state index contributed by atoms with van der Waals surface area (Å²) in [5.41, 5.74) is 1.24. The van der Waals surface area contributed by atoms with Crippen LogP contribution in [0.2, 0.25) is 0 Å². The molecule has 2 fully saturated rings. The Morgan fingerprint density at radius 2 is 1.90 bits per heavy atom. The van der Waals surface area contributed by atoms with Crippen LogP contribution in [0.5, 0.6) is 0 Å². The Labute approximate surface area is 131 Å². The van der Waals surface area contributed by atoms with E-state index in [4.69, 9.17) is 0 Å². The van der Waals surface area contributed by atoms with Crippen LogP contribution in [-0.4, -0.2) is 58.1 Å². The Morgan fingerprint density at radius 3 is 2.57 bits per heavy atom. The molecule has 0 spiro atoms. The summed E-state index contributed by atoms with van der Waals surface area (Å²) in [5, 5.41) is 0. The van der Waals surface area contributed by atoms with Crippen LogP contribution in [0.25, 0.3) is 0 Å². The van der Waals surface area contributed by atoms with Gasteiger partial charge in [-0.05, 0) is 37.6 Å². The van der Waals surface area contributed by atoms with Crippen molar-refractivity contribution in [2.75, 3.05) is 37.7 Å². The number of nitrogens with zero attached hydrogens (tertiary/aromatic N) is 3. The molecule has 0 radical (unpaired) electrons. The predicted molar refractivity (Wildman–Crippen MR) is 88.9 cm³/mol. The lowest BCUT2D eigenvalue weighted by Crippen LogP contribution is -2.47. The van der Waals surface area contributed by atoms with Gasteiger partial charge >= 0.3 is 0 Å². The topological polar surface area (TPSA) is 28.5 Å². The third kappa shape index (κ3) is 3.90. The molecule has 0 unspecified atom stereocenters. The van der Waals surface area contributed by atoms with E-state index in [0.717, 1.165) is 31.2 Å². The molecule has 116 valence electrons. The van der Waals surface area contributed by atoms with Gasteiger partial charge in [0.1, 0.15) is 0 Å². The zero-order chi connectivity index (χ0) is 14.7. The fourth-order valence-electron chi connectivity index (χ4n) is 3.33. The predicted octanol–water partition coefficient (Wildman–Crippen LogP) is 1.40. The molecule has 4 nitrogen and oxygen atoms in total. The minimum atomic E-state index is 0.0909. The van der Waals surface area contributed by atoms with E-state index in [1.807, 2.05) is 6.20 Å². The van der Waals surface area contributed by atoms with E-state index in [2.05, 4.69) is 27.6 Å². The Balaban J connectivity index is 1.51. The maximum Gasteiger partial charge on any atom is 0.250 e. The molecule has 3 heterocycles. The third-order valence-electron chi connectivity index (χ3n) is 4.69. The summed E-state index contributed by atoms with van der Waals surface area (Å²) in [6, 6.07) is 4.62. The largest absolute Gasteiger partial charge is 0.319 e. The molecule has 21 heavy (non-hydrogen) atoms.